The second-order valence-corrected chi connectivity index (χ2v) is 4.30. The monoisotopic (exact) mass is 216 g/mol. The van der Waals surface area contributed by atoms with Crippen molar-refractivity contribution in [1.82, 2.24) is 0 Å². The van der Waals surface area contributed by atoms with Crippen molar-refractivity contribution < 1.29 is 13.6 Å². The zero-order chi connectivity index (χ0) is 11.0. The molecular weight excluding hydrogens is 196 g/mol. The van der Waals surface area contributed by atoms with Crippen molar-refractivity contribution in [1.29, 1.82) is 0 Å². The van der Waals surface area contributed by atoms with E-state index < -0.39 is 10.0 Å². The van der Waals surface area contributed by atoms with Crippen molar-refractivity contribution in [3.8, 4) is 0 Å². The molecule has 0 unspecified atom stereocenters. The summed E-state index contributed by atoms with van der Waals surface area (Å²) in [4.78, 5) is 11.3. The summed E-state index contributed by atoms with van der Waals surface area (Å²) >= 11 is 0. The van der Waals surface area contributed by atoms with Crippen molar-refractivity contribution >= 4 is 16.0 Å². The number of carbonyl (C=O) groups excluding carboxylic acids is 1. The zero-order valence-electron chi connectivity index (χ0n) is 9.50. The molecule has 0 aromatic rings. The second kappa shape index (κ2) is 7.76. The largest absolute Gasteiger partial charge is 0.496 e. The molecule has 0 amide bonds. The molecule has 0 spiro atoms. The Morgan fingerprint density at radius 2 is 2.14 bits per heavy atom. The Morgan fingerprint density at radius 1 is 1.50 bits per heavy atom. The highest BCUT2D eigenvalue weighted by molar-refractivity contribution is 6.23. The molecule has 0 aliphatic carbocycles. The quantitative estimate of drug-likeness (QED) is 0.501. The van der Waals surface area contributed by atoms with Gasteiger partial charge in [-0.15, -0.1) is 0 Å². The lowest BCUT2D eigenvalue weighted by Gasteiger charge is -2.08. The van der Waals surface area contributed by atoms with E-state index in [2.05, 4.69) is 6.92 Å². The van der Waals surface area contributed by atoms with E-state index in [4.69, 9.17) is 8.85 Å². The minimum atomic E-state index is -1.14. The second-order valence-electron chi connectivity index (χ2n) is 3.44. The minimum absolute atomic E-state index is 0.148. The van der Waals surface area contributed by atoms with Crippen molar-refractivity contribution in [3.05, 3.63) is 11.6 Å². The van der Waals surface area contributed by atoms with Crippen LogP contribution in [0.2, 0.25) is 0 Å². The maximum Gasteiger partial charge on any atom is 0.369 e. The number of rotatable bonds is 6. The van der Waals surface area contributed by atoms with Crippen LogP contribution >= 0.6 is 0 Å². The van der Waals surface area contributed by atoms with Gasteiger partial charge >= 0.3 is 16.0 Å². The summed E-state index contributed by atoms with van der Waals surface area (Å²) < 4.78 is 10.3. The highest BCUT2D eigenvalue weighted by Gasteiger charge is 2.05. The number of unbranched alkanes of at least 4 members (excludes halogenated alkanes) is 1. The van der Waals surface area contributed by atoms with Crippen LogP contribution in [0.4, 0.5) is 0 Å². The first kappa shape index (κ1) is 13.4. The fourth-order valence-electron chi connectivity index (χ4n) is 0.782. The van der Waals surface area contributed by atoms with Gasteiger partial charge in [-0.2, -0.15) is 0 Å². The first-order chi connectivity index (χ1) is 6.57. The van der Waals surface area contributed by atoms with E-state index in [0.29, 0.717) is 5.57 Å². The smallest absolute Gasteiger partial charge is 0.369 e. The average molecular weight is 216 g/mol. The SMILES string of the molecule is CCCC=C(C)C(=O)O[SiH2]OC(C)C. The summed E-state index contributed by atoms with van der Waals surface area (Å²) in [6, 6.07) is 0. The molecule has 0 aliphatic heterocycles. The first-order valence-electron chi connectivity index (χ1n) is 5.03. The van der Waals surface area contributed by atoms with Crippen LogP contribution in [0, 0.1) is 0 Å². The molecule has 0 atom stereocenters. The van der Waals surface area contributed by atoms with Crippen LogP contribution in [0.5, 0.6) is 0 Å². The van der Waals surface area contributed by atoms with Crippen LogP contribution in [0.25, 0.3) is 0 Å². The topological polar surface area (TPSA) is 35.5 Å². The summed E-state index contributed by atoms with van der Waals surface area (Å²) in [5.41, 5.74) is 0.687. The summed E-state index contributed by atoms with van der Waals surface area (Å²) in [6.07, 6.45) is 4.03. The van der Waals surface area contributed by atoms with Crippen LogP contribution in [-0.2, 0) is 13.6 Å². The van der Waals surface area contributed by atoms with E-state index in [1.165, 1.54) is 0 Å². The lowest BCUT2D eigenvalue weighted by atomic mass is 10.2. The van der Waals surface area contributed by atoms with Crippen molar-refractivity contribution in [2.75, 3.05) is 0 Å². The molecule has 0 aromatic heterocycles. The molecule has 0 saturated heterocycles. The number of hydrogen-bond donors (Lipinski definition) is 0. The Hall–Kier alpha value is -0.613. The average Bonchev–Trinajstić information content (AvgIpc) is 2.13. The Morgan fingerprint density at radius 3 is 2.64 bits per heavy atom. The lowest BCUT2D eigenvalue weighted by Crippen LogP contribution is -2.16. The predicted octanol–water partition coefficient (Wildman–Crippen LogP) is 1.70. The van der Waals surface area contributed by atoms with Gasteiger partial charge in [-0.25, -0.2) is 4.79 Å². The summed E-state index contributed by atoms with van der Waals surface area (Å²) in [5.74, 6) is -0.231. The van der Waals surface area contributed by atoms with Crippen molar-refractivity contribution in [3.63, 3.8) is 0 Å². The van der Waals surface area contributed by atoms with Gasteiger partial charge in [-0.3, -0.25) is 0 Å². The minimum Gasteiger partial charge on any atom is -0.496 e. The molecule has 0 radical (unpaired) electrons. The van der Waals surface area contributed by atoms with Crippen molar-refractivity contribution in [2.24, 2.45) is 0 Å². The molecule has 3 nitrogen and oxygen atoms in total. The zero-order valence-corrected chi connectivity index (χ0v) is 10.9. The van der Waals surface area contributed by atoms with Gasteiger partial charge in [0.1, 0.15) is 0 Å². The molecule has 0 aliphatic rings. The van der Waals surface area contributed by atoms with E-state index in [-0.39, 0.29) is 12.1 Å². The number of carbonyl (C=O) groups is 1. The molecule has 14 heavy (non-hydrogen) atoms. The van der Waals surface area contributed by atoms with Gasteiger partial charge in [-0.05, 0) is 27.2 Å². The van der Waals surface area contributed by atoms with Gasteiger partial charge in [0.15, 0.2) is 0 Å². The third-order valence-electron chi connectivity index (χ3n) is 1.65. The molecule has 0 fully saturated rings. The van der Waals surface area contributed by atoms with Crippen molar-refractivity contribution in [2.45, 2.75) is 46.6 Å². The summed E-state index contributed by atoms with van der Waals surface area (Å²) in [6.45, 7) is 7.72. The molecule has 0 saturated carbocycles. The lowest BCUT2D eigenvalue weighted by molar-refractivity contribution is -0.131. The maximum atomic E-state index is 11.3. The maximum absolute atomic E-state index is 11.3. The third-order valence-corrected chi connectivity index (χ3v) is 2.84. The number of hydrogen-bond acceptors (Lipinski definition) is 3. The van der Waals surface area contributed by atoms with E-state index >= 15 is 0 Å². The van der Waals surface area contributed by atoms with Gasteiger partial charge in [0.25, 0.3) is 0 Å². The normalized spacial score (nSPS) is 12.8. The Kier molecular flexibility index (Phi) is 7.42. The van der Waals surface area contributed by atoms with Crippen LogP contribution in [0.15, 0.2) is 11.6 Å². The third kappa shape index (κ3) is 6.86. The fourth-order valence-corrected chi connectivity index (χ4v) is 1.46. The molecule has 0 bridgehead atoms. The highest BCUT2D eigenvalue weighted by Crippen LogP contribution is 2.00. The van der Waals surface area contributed by atoms with E-state index in [1.54, 1.807) is 6.92 Å². The van der Waals surface area contributed by atoms with Crippen LogP contribution in [0.1, 0.15) is 40.5 Å². The highest BCUT2D eigenvalue weighted by atomic mass is 28.3. The number of allylic oxidation sites excluding steroid dienone is 1. The first-order valence-corrected chi connectivity index (χ1v) is 6.18. The summed E-state index contributed by atoms with van der Waals surface area (Å²) in [7, 11) is -1.14. The molecular formula is C10H20O3Si. The Bertz CT molecular complexity index is 200. The van der Waals surface area contributed by atoms with Gasteiger partial charge in [-0.1, -0.05) is 19.4 Å². The van der Waals surface area contributed by atoms with E-state index in [0.717, 1.165) is 12.8 Å². The van der Waals surface area contributed by atoms with Gasteiger partial charge in [0.05, 0.1) is 0 Å². The summed E-state index contributed by atoms with van der Waals surface area (Å²) in [5, 5.41) is 0. The van der Waals surface area contributed by atoms with Crippen LogP contribution < -0.4 is 0 Å². The molecule has 0 aromatic carbocycles. The van der Waals surface area contributed by atoms with E-state index in [1.807, 2.05) is 19.9 Å². The van der Waals surface area contributed by atoms with Gasteiger partial charge in [0, 0.05) is 11.7 Å². The standard InChI is InChI=1S/C10H20O3Si/c1-5-6-7-9(4)10(11)13-14-12-8(2)3/h7-8H,5-6,14H2,1-4H3. The molecule has 82 valence electrons. The predicted molar refractivity (Wildman–Crippen MR) is 59.5 cm³/mol. The van der Waals surface area contributed by atoms with Gasteiger partial charge in [0.2, 0.25) is 0 Å². The van der Waals surface area contributed by atoms with Gasteiger partial charge < -0.3 is 8.85 Å². The molecule has 0 N–H and O–H groups in total. The molecule has 0 heterocycles. The van der Waals surface area contributed by atoms with Crippen LogP contribution in [0.3, 0.4) is 0 Å². The Labute approximate surface area is 88.5 Å². The fraction of sp³-hybridized carbons (Fsp3) is 0.700. The molecule has 4 heteroatoms. The van der Waals surface area contributed by atoms with E-state index in [9.17, 15) is 4.79 Å². The Balaban J connectivity index is 3.73. The molecule has 0 rings (SSSR count). The van der Waals surface area contributed by atoms with Crippen LogP contribution in [-0.4, -0.2) is 22.1 Å².